The number of hydrogen-bond donors (Lipinski definition) is 1. The van der Waals surface area contributed by atoms with E-state index in [0.717, 1.165) is 21.0 Å². The van der Waals surface area contributed by atoms with Gasteiger partial charge in [-0.05, 0) is 56.0 Å². The monoisotopic (exact) mass is 583 g/mol. The predicted molar refractivity (Wildman–Crippen MR) is 161 cm³/mol. The minimum atomic E-state index is -4.17. The van der Waals surface area contributed by atoms with Crippen LogP contribution in [0.1, 0.15) is 43.9 Å². The fraction of sp³-hybridized carbons (Fsp3) is 0.355. The first-order valence-electron chi connectivity index (χ1n) is 13.4. The Morgan fingerprint density at radius 2 is 1.48 bits per heavy atom. The standard InChI is InChI=1S/C31H38ClN3O4S/c1-6-28(31(37)33-19-22(2)3)34(20-25-15-11-23(4)12-16-25)30(36)21-35(29-10-8-7-9-27(29)32)40(38,39)26-17-13-24(5)14-18-26/h7-18,22,28H,6,19-21H2,1-5H3,(H,33,37)/t28-/m0/s1. The van der Waals surface area contributed by atoms with E-state index in [-0.39, 0.29) is 34.0 Å². The number of sulfonamides is 1. The third-order valence-corrected chi connectivity index (χ3v) is 8.65. The lowest BCUT2D eigenvalue weighted by Crippen LogP contribution is -2.52. The van der Waals surface area contributed by atoms with Crippen molar-refractivity contribution in [3.63, 3.8) is 0 Å². The summed E-state index contributed by atoms with van der Waals surface area (Å²) in [6, 6.07) is 19.8. The molecule has 0 aliphatic heterocycles. The number of amides is 2. The van der Waals surface area contributed by atoms with E-state index in [4.69, 9.17) is 11.6 Å². The maximum absolute atomic E-state index is 14.1. The van der Waals surface area contributed by atoms with Gasteiger partial charge in [-0.2, -0.15) is 0 Å². The lowest BCUT2D eigenvalue weighted by Gasteiger charge is -2.33. The van der Waals surface area contributed by atoms with Crippen molar-refractivity contribution in [1.29, 1.82) is 0 Å². The number of benzene rings is 3. The van der Waals surface area contributed by atoms with Crippen LogP contribution in [0.25, 0.3) is 0 Å². The highest BCUT2D eigenvalue weighted by atomic mass is 35.5. The highest BCUT2D eigenvalue weighted by Gasteiger charge is 2.34. The highest BCUT2D eigenvalue weighted by molar-refractivity contribution is 7.92. The van der Waals surface area contributed by atoms with Crippen LogP contribution < -0.4 is 9.62 Å². The number of carbonyl (C=O) groups is 2. The predicted octanol–water partition coefficient (Wildman–Crippen LogP) is 5.73. The molecule has 0 saturated heterocycles. The molecule has 0 aliphatic carbocycles. The molecule has 9 heteroatoms. The second kappa shape index (κ2) is 13.8. The molecule has 1 atom stereocenters. The Morgan fingerprint density at radius 1 is 0.900 bits per heavy atom. The molecule has 0 radical (unpaired) electrons. The molecule has 3 rings (SSSR count). The van der Waals surface area contributed by atoms with Crippen molar-refractivity contribution in [3.8, 4) is 0 Å². The summed E-state index contributed by atoms with van der Waals surface area (Å²) in [6.07, 6.45) is 0.359. The first-order valence-corrected chi connectivity index (χ1v) is 15.2. The smallest absolute Gasteiger partial charge is 0.264 e. The molecular weight excluding hydrogens is 546 g/mol. The first-order chi connectivity index (χ1) is 18.9. The molecule has 40 heavy (non-hydrogen) atoms. The molecular formula is C31H38ClN3O4S. The van der Waals surface area contributed by atoms with Gasteiger partial charge in [0, 0.05) is 13.1 Å². The fourth-order valence-electron chi connectivity index (χ4n) is 4.24. The van der Waals surface area contributed by atoms with Crippen molar-refractivity contribution in [2.75, 3.05) is 17.4 Å². The fourth-order valence-corrected chi connectivity index (χ4v) is 5.96. The molecule has 0 bridgehead atoms. The van der Waals surface area contributed by atoms with Gasteiger partial charge in [0.1, 0.15) is 12.6 Å². The molecule has 214 valence electrons. The van der Waals surface area contributed by atoms with Crippen molar-refractivity contribution in [3.05, 3.63) is 94.5 Å². The van der Waals surface area contributed by atoms with Gasteiger partial charge in [-0.15, -0.1) is 0 Å². The van der Waals surface area contributed by atoms with Gasteiger partial charge in [-0.3, -0.25) is 13.9 Å². The van der Waals surface area contributed by atoms with Gasteiger partial charge in [-0.1, -0.05) is 92.0 Å². The zero-order chi connectivity index (χ0) is 29.4. The van der Waals surface area contributed by atoms with E-state index in [1.165, 1.54) is 17.0 Å². The number of rotatable bonds is 12. The SMILES string of the molecule is CC[C@@H](C(=O)NCC(C)C)N(Cc1ccc(C)cc1)C(=O)CN(c1ccccc1Cl)S(=O)(=O)c1ccc(C)cc1. The van der Waals surface area contributed by atoms with E-state index in [1.807, 2.05) is 58.9 Å². The minimum Gasteiger partial charge on any atom is -0.354 e. The Kier molecular flexibility index (Phi) is 10.8. The summed E-state index contributed by atoms with van der Waals surface area (Å²) in [4.78, 5) is 28.9. The first kappa shape index (κ1) is 31.2. The second-order valence-corrected chi connectivity index (χ2v) is 12.6. The van der Waals surface area contributed by atoms with Gasteiger partial charge in [0.25, 0.3) is 10.0 Å². The molecule has 0 aliphatic rings. The third kappa shape index (κ3) is 7.86. The molecule has 7 nitrogen and oxygen atoms in total. The van der Waals surface area contributed by atoms with E-state index >= 15 is 0 Å². The van der Waals surface area contributed by atoms with E-state index < -0.39 is 28.5 Å². The number of nitrogens with zero attached hydrogens (tertiary/aromatic N) is 2. The van der Waals surface area contributed by atoms with E-state index in [0.29, 0.717) is 13.0 Å². The van der Waals surface area contributed by atoms with Crippen molar-refractivity contribution in [2.24, 2.45) is 5.92 Å². The maximum Gasteiger partial charge on any atom is 0.264 e. The van der Waals surface area contributed by atoms with Gasteiger partial charge >= 0.3 is 0 Å². The molecule has 0 spiro atoms. The molecule has 3 aromatic rings. The van der Waals surface area contributed by atoms with Crippen LogP contribution in [-0.2, 0) is 26.2 Å². The van der Waals surface area contributed by atoms with Gasteiger partial charge < -0.3 is 10.2 Å². The van der Waals surface area contributed by atoms with Gasteiger partial charge in [0.15, 0.2) is 0 Å². The zero-order valence-corrected chi connectivity index (χ0v) is 25.3. The Bertz CT molecular complexity index is 1410. The van der Waals surface area contributed by atoms with Crippen LogP contribution in [0.3, 0.4) is 0 Å². The lowest BCUT2D eigenvalue weighted by molar-refractivity contribution is -0.140. The number of halogens is 1. The Hall–Kier alpha value is -3.36. The molecule has 0 aromatic heterocycles. The third-order valence-electron chi connectivity index (χ3n) is 6.55. The number of nitrogens with one attached hydrogen (secondary N) is 1. The molecule has 0 fully saturated rings. The Balaban J connectivity index is 2.05. The van der Waals surface area contributed by atoms with Crippen LogP contribution in [0, 0.1) is 19.8 Å². The summed E-state index contributed by atoms with van der Waals surface area (Å²) < 4.78 is 28.9. The lowest BCUT2D eigenvalue weighted by atomic mass is 10.1. The van der Waals surface area contributed by atoms with E-state index in [1.54, 1.807) is 36.4 Å². The number of carbonyl (C=O) groups excluding carboxylic acids is 2. The van der Waals surface area contributed by atoms with E-state index in [2.05, 4.69) is 5.32 Å². The maximum atomic E-state index is 14.1. The van der Waals surface area contributed by atoms with Crippen molar-refractivity contribution >= 4 is 39.1 Å². The second-order valence-electron chi connectivity index (χ2n) is 10.3. The Morgan fingerprint density at radius 3 is 2.02 bits per heavy atom. The normalized spacial score (nSPS) is 12.2. The number of para-hydroxylation sites is 1. The summed E-state index contributed by atoms with van der Waals surface area (Å²) in [6.45, 7) is 9.75. The topological polar surface area (TPSA) is 86.8 Å². The molecule has 0 unspecified atom stereocenters. The van der Waals surface area contributed by atoms with Gasteiger partial charge in [0.2, 0.25) is 11.8 Å². The summed E-state index contributed by atoms with van der Waals surface area (Å²) in [5, 5.41) is 3.13. The van der Waals surface area contributed by atoms with Crippen LogP contribution in [-0.4, -0.2) is 44.3 Å². The minimum absolute atomic E-state index is 0.0395. The zero-order valence-electron chi connectivity index (χ0n) is 23.7. The Labute approximate surface area is 243 Å². The molecule has 3 aromatic carbocycles. The van der Waals surface area contributed by atoms with Crippen LogP contribution >= 0.6 is 11.6 Å². The van der Waals surface area contributed by atoms with Crippen molar-refractivity contribution in [1.82, 2.24) is 10.2 Å². The van der Waals surface area contributed by atoms with Crippen LogP contribution in [0.5, 0.6) is 0 Å². The average Bonchev–Trinajstić information content (AvgIpc) is 2.92. The van der Waals surface area contributed by atoms with Crippen molar-refractivity contribution < 1.29 is 18.0 Å². The van der Waals surface area contributed by atoms with Crippen LogP contribution in [0.4, 0.5) is 5.69 Å². The number of hydrogen-bond acceptors (Lipinski definition) is 4. The number of anilines is 1. The van der Waals surface area contributed by atoms with E-state index in [9.17, 15) is 18.0 Å². The summed E-state index contributed by atoms with van der Waals surface area (Å²) in [5.41, 5.74) is 2.99. The summed E-state index contributed by atoms with van der Waals surface area (Å²) in [5.74, 6) is -0.553. The van der Waals surface area contributed by atoms with Crippen LogP contribution in [0.15, 0.2) is 77.7 Å². The highest BCUT2D eigenvalue weighted by Crippen LogP contribution is 2.31. The van der Waals surface area contributed by atoms with Crippen molar-refractivity contribution in [2.45, 2.75) is 58.5 Å². The molecule has 1 N–H and O–H groups in total. The average molecular weight is 584 g/mol. The molecule has 0 saturated carbocycles. The van der Waals surface area contributed by atoms with Crippen LogP contribution in [0.2, 0.25) is 5.02 Å². The van der Waals surface area contributed by atoms with Gasteiger partial charge in [-0.25, -0.2) is 8.42 Å². The van der Waals surface area contributed by atoms with Gasteiger partial charge in [0.05, 0.1) is 15.6 Å². The largest absolute Gasteiger partial charge is 0.354 e. The summed E-state index contributed by atoms with van der Waals surface area (Å²) >= 11 is 6.46. The molecule has 0 heterocycles. The quantitative estimate of drug-likeness (QED) is 0.295. The summed E-state index contributed by atoms with van der Waals surface area (Å²) in [7, 11) is -4.17. The molecule has 2 amide bonds. The number of aryl methyl sites for hydroxylation is 2.